The fourth-order valence-electron chi connectivity index (χ4n) is 4.99. The van der Waals surface area contributed by atoms with Gasteiger partial charge in [0.05, 0.1) is 46.2 Å². The number of thiophene rings is 2. The quantitative estimate of drug-likeness (QED) is 0.254. The third kappa shape index (κ3) is 5.16. The highest BCUT2D eigenvalue weighted by molar-refractivity contribution is 7.22. The van der Waals surface area contributed by atoms with E-state index in [1.54, 1.807) is 22.7 Å². The van der Waals surface area contributed by atoms with Crippen LogP contribution in [-0.4, -0.2) is 58.4 Å². The molecule has 196 valence electrons. The molecule has 0 atom stereocenters. The maximum Gasteiger partial charge on any atom is 0.213 e. The lowest BCUT2D eigenvalue weighted by Crippen LogP contribution is -2.35. The molecule has 0 saturated carbocycles. The van der Waals surface area contributed by atoms with Crippen molar-refractivity contribution in [3.05, 3.63) is 81.5 Å². The molecule has 4 heterocycles. The van der Waals surface area contributed by atoms with E-state index in [4.69, 9.17) is 9.47 Å². The fourth-order valence-corrected chi connectivity index (χ4v) is 7.43. The van der Waals surface area contributed by atoms with E-state index >= 15 is 0 Å². The second-order valence-corrected chi connectivity index (χ2v) is 12.0. The summed E-state index contributed by atoms with van der Waals surface area (Å²) in [6.07, 6.45) is 0. The topological polar surface area (TPSA) is 42.0 Å². The van der Waals surface area contributed by atoms with E-state index in [1.807, 2.05) is 0 Å². The number of carbonyl (C=O) groups is 1. The average molecular weight is 545 g/mol. The van der Waals surface area contributed by atoms with Crippen LogP contribution in [0.4, 0.5) is 10.0 Å². The Hall–Kier alpha value is -2.97. The van der Waals surface area contributed by atoms with Crippen LogP contribution >= 0.6 is 22.7 Å². The highest BCUT2D eigenvalue weighted by Crippen LogP contribution is 2.44. The number of carbonyl (C=O) groups excluding carboxylic acids is 1. The first-order valence-electron chi connectivity index (χ1n) is 13.2. The number of rotatable bonds is 6. The Kier molecular flexibility index (Phi) is 7.34. The highest BCUT2D eigenvalue weighted by atomic mass is 32.1. The van der Waals surface area contributed by atoms with Gasteiger partial charge in [-0.15, -0.1) is 22.7 Å². The summed E-state index contributed by atoms with van der Waals surface area (Å²) in [5.74, 6) is 0.0979. The number of hydrogen-bond donors (Lipinski definition) is 0. The van der Waals surface area contributed by atoms with E-state index < -0.39 is 0 Å². The van der Waals surface area contributed by atoms with Crippen LogP contribution in [0.3, 0.4) is 0 Å². The van der Waals surface area contributed by atoms with Crippen molar-refractivity contribution < 1.29 is 14.3 Å². The van der Waals surface area contributed by atoms with Gasteiger partial charge >= 0.3 is 0 Å². The van der Waals surface area contributed by atoms with Crippen molar-refractivity contribution in [3.63, 3.8) is 0 Å². The molecule has 2 aliphatic heterocycles. The largest absolute Gasteiger partial charge is 0.378 e. The van der Waals surface area contributed by atoms with E-state index in [0.717, 1.165) is 68.2 Å². The van der Waals surface area contributed by atoms with Crippen LogP contribution in [0.25, 0.3) is 22.3 Å². The molecular weight excluding hydrogens is 512 g/mol. The molecule has 38 heavy (non-hydrogen) atoms. The van der Waals surface area contributed by atoms with E-state index in [1.165, 1.54) is 11.1 Å². The molecule has 7 heteroatoms. The first kappa shape index (κ1) is 25.3. The molecule has 0 unspecified atom stereocenters. The second kappa shape index (κ2) is 11.0. The standard InChI is InChI=1S/C31H32N2O3S2/c1-21-3-7-23(8-4-21)25-19-27(37-30(25)32-11-15-35-16-12-32)29(34)28-20-26(24-9-5-22(2)6-10-24)31(38-28)33-13-17-36-18-14-33/h3-10,19-20H,11-18H2,1-2H3. The summed E-state index contributed by atoms with van der Waals surface area (Å²) >= 11 is 3.22. The molecule has 0 amide bonds. The predicted molar refractivity (Wildman–Crippen MR) is 158 cm³/mol. The average Bonchev–Trinajstić information content (AvgIpc) is 3.61. The third-order valence-corrected chi connectivity index (χ3v) is 9.58. The summed E-state index contributed by atoms with van der Waals surface area (Å²) in [4.78, 5) is 20.4. The van der Waals surface area contributed by atoms with E-state index in [-0.39, 0.29) is 5.78 Å². The second-order valence-electron chi connectivity index (χ2n) is 9.92. The maximum absolute atomic E-state index is 14.0. The molecule has 0 spiro atoms. The molecule has 2 aliphatic rings. The summed E-state index contributed by atoms with van der Waals surface area (Å²) in [5, 5.41) is 2.31. The number of aryl methyl sites for hydroxylation is 2. The minimum absolute atomic E-state index is 0.0979. The Balaban J connectivity index is 1.40. The Morgan fingerprint density at radius 1 is 0.632 bits per heavy atom. The van der Waals surface area contributed by atoms with Gasteiger partial charge in [0.15, 0.2) is 0 Å². The molecule has 2 aromatic heterocycles. The molecule has 2 aromatic carbocycles. The minimum Gasteiger partial charge on any atom is -0.378 e. The van der Waals surface area contributed by atoms with E-state index in [9.17, 15) is 4.79 Å². The van der Waals surface area contributed by atoms with Crippen LogP contribution in [0, 0.1) is 13.8 Å². The normalized spacial score (nSPS) is 16.2. The number of benzene rings is 2. The lowest BCUT2D eigenvalue weighted by Gasteiger charge is -2.28. The van der Waals surface area contributed by atoms with Crippen LogP contribution in [0.5, 0.6) is 0 Å². The molecule has 5 nitrogen and oxygen atoms in total. The summed E-state index contributed by atoms with van der Waals surface area (Å²) in [6, 6.07) is 21.4. The van der Waals surface area contributed by atoms with Gasteiger partial charge in [0, 0.05) is 37.3 Å². The van der Waals surface area contributed by atoms with Crippen LogP contribution in [-0.2, 0) is 9.47 Å². The van der Waals surface area contributed by atoms with Crippen molar-refractivity contribution in [1.29, 1.82) is 0 Å². The Bertz CT molecular complexity index is 1300. The van der Waals surface area contributed by atoms with Crippen LogP contribution < -0.4 is 9.80 Å². The Morgan fingerprint density at radius 2 is 1.00 bits per heavy atom. The van der Waals surface area contributed by atoms with Gasteiger partial charge in [-0.25, -0.2) is 0 Å². The van der Waals surface area contributed by atoms with Crippen molar-refractivity contribution >= 4 is 38.5 Å². The minimum atomic E-state index is 0.0979. The first-order valence-corrected chi connectivity index (χ1v) is 14.8. The number of hydrogen-bond acceptors (Lipinski definition) is 7. The van der Waals surface area contributed by atoms with Crippen LogP contribution in [0.15, 0.2) is 60.7 Å². The SMILES string of the molecule is Cc1ccc(-c2cc(C(=O)c3cc(-c4ccc(C)cc4)c(N4CCOCC4)s3)sc2N2CCOCC2)cc1. The van der Waals surface area contributed by atoms with E-state index in [2.05, 4.69) is 84.3 Å². The third-order valence-electron chi connectivity index (χ3n) is 7.19. The van der Waals surface area contributed by atoms with Gasteiger partial charge in [-0.2, -0.15) is 0 Å². The molecule has 2 fully saturated rings. The predicted octanol–water partition coefficient (Wildman–Crippen LogP) is 6.66. The van der Waals surface area contributed by atoms with Crippen molar-refractivity contribution in [2.45, 2.75) is 13.8 Å². The number of anilines is 2. The molecule has 4 aromatic rings. The zero-order chi connectivity index (χ0) is 26.1. The van der Waals surface area contributed by atoms with E-state index in [0.29, 0.717) is 26.4 Å². The summed E-state index contributed by atoms with van der Waals surface area (Å²) in [6.45, 7) is 10.4. The van der Waals surface area contributed by atoms with Gasteiger partial charge < -0.3 is 19.3 Å². The zero-order valence-electron chi connectivity index (χ0n) is 21.9. The number of ether oxygens (including phenoxy) is 2. The monoisotopic (exact) mass is 544 g/mol. The number of nitrogens with zero attached hydrogens (tertiary/aromatic N) is 2. The lowest BCUT2D eigenvalue weighted by atomic mass is 10.0. The number of morpholine rings is 2. The van der Waals surface area contributed by atoms with Crippen LogP contribution in [0.1, 0.15) is 25.7 Å². The highest BCUT2D eigenvalue weighted by Gasteiger charge is 2.26. The van der Waals surface area contributed by atoms with Crippen molar-refractivity contribution in [3.8, 4) is 22.3 Å². The smallest absolute Gasteiger partial charge is 0.213 e. The zero-order valence-corrected chi connectivity index (χ0v) is 23.5. The summed E-state index contributed by atoms with van der Waals surface area (Å²) < 4.78 is 11.2. The van der Waals surface area contributed by atoms with Gasteiger partial charge in [0.1, 0.15) is 0 Å². The molecule has 0 N–H and O–H groups in total. The molecule has 0 aliphatic carbocycles. The fraction of sp³-hybridized carbons (Fsp3) is 0.323. The molecule has 0 radical (unpaired) electrons. The van der Waals surface area contributed by atoms with Gasteiger partial charge in [0.25, 0.3) is 0 Å². The molecule has 6 rings (SSSR count). The van der Waals surface area contributed by atoms with Crippen LogP contribution in [0.2, 0.25) is 0 Å². The van der Waals surface area contributed by atoms with Gasteiger partial charge in [0.2, 0.25) is 5.78 Å². The maximum atomic E-state index is 14.0. The Labute approximate surface area is 232 Å². The summed E-state index contributed by atoms with van der Waals surface area (Å²) in [5.41, 5.74) is 7.01. The molecular formula is C31H32N2O3S2. The van der Waals surface area contributed by atoms with Gasteiger partial charge in [-0.1, -0.05) is 59.7 Å². The van der Waals surface area contributed by atoms with Gasteiger partial charge in [-0.05, 0) is 37.1 Å². The number of ketones is 1. The molecule has 0 bridgehead atoms. The lowest BCUT2D eigenvalue weighted by molar-refractivity contribution is 0.104. The van der Waals surface area contributed by atoms with Crippen molar-refractivity contribution in [2.24, 2.45) is 0 Å². The summed E-state index contributed by atoms with van der Waals surface area (Å²) in [7, 11) is 0. The van der Waals surface area contributed by atoms with Gasteiger partial charge in [-0.3, -0.25) is 4.79 Å². The first-order chi connectivity index (χ1) is 18.6. The molecule has 2 saturated heterocycles. The van der Waals surface area contributed by atoms with Crippen molar-refractivity contribution in [1.82, 2.24) is 0 Å². The Morgan fingerprint density at radius 3 is 1.37 bits per heavy atom. The van der Waals surface area contributed by atoms with Crippen molar-refractivity contribution in [2.75, 3.05) is 62.4 Å².